The van der Waals surface area contributed by atoms with Crippen molar-refractivity contribution in [1.29, 1.82) is 0 Å². The highest BCUT2D eigenvalue weighted by molar-refractivity contribution is 5.76. The summed E-state index contributed by atoms with van der Waals surface area (Å²) in [6.07, 6.45) is 1.42. The molecule has 16 heavy (non-hydrogen) atoms. The lowest BCUT2D eigenvalue weighted by molar-refractivity contribution is -0.137. The third-order valence-electron chi connectivity index (χ3n) is 2.25. The number of aromatic nitrogens is 2. The molecule has 0 saturated heterocycles. The lowest BCUT2D eigenvalue weighted by atomic mass is 10.3. The summed E-state index contributed by atoms with van der Waals surface area (Å²) < 4.78 is 0. The molecule has 0 aliphatic heterocycles. The number of nitrogens with zero attached hydrogens (tertiary/aromatic N) is 3. The van der Waals surface area contributed by atoms with Crippen LogP contribution in [-0.4, -0.2) is 40.7 Å². The number of carbonyl (C=O) groups is 1. The van der Waals surface area contributed by atoms with Gasteiger partial charge in [0.05, 0.1) is 0 Å². The zero-order valence-electron chi connectivity index (χ0n) is 9.64. The van der Waals surface area contributed by atoms with Crippen LogP contribution in [0.4, 0.5) is 11.6 Å². The highest BCUT2D eigenvalue weighted by Crippen LogP contribution is 2.12. The summed E-state index contributed by atoms with van der Waals surface area (Å²) in [5.74, 6) is 0.363. The number of hydrogen-bond donors (Lipinski definition) is 2. The quantitative estimate of drug-likeness (QED) is 0.771. The molecule has 0 aromatic carbocycles. The third kappa shape index (κ3) is 3.08. The molecule has 88 valence electrons. The average Bonchev–Trinajstić information content (AvgIpc) is 2.28. The van der Waals surface area contributed by atoms with E-state index in [1.165, 1.54) is 6.33 Å². The second-order valence-electron chi connectivity index (χ2n) is 3.48. The Morgan fingerprint density at radius 1 is 1.62 bits per heavy atom. The molecule has 1 rings (SSSR count). The molecule has 0 bridgehead atoms. The fourth-order valence-corrected chi connectivity index (χ4v) is 1.08. The fourth-order valence-electron chi connectivity index (χ4n) is 1.08. The van der Waals surface area contributed by atoms with Crippen LogP contribution in [0.3, 0.4) is 0 Å². The van der Waals surface area contributed by atoms with Crippen LogP contribution in [0.1, 0.15) is 13.8 Å². The topological polar surface area (TPSA) is 78.4 Å². The van der Waals surface area contributed by atoms with E-state index in [4.69, 9.17) is 5.11 Å². The fraction of sp³-hybridized carbons (Fsp3) is 0.500. The molecule has 0 aliphatic carbocycles. The van der Waals surface area contributed by atoms with Crippen LogP contribution in [0.15, 0.2) is 12.4 Å². The molecule has 1 atom stereocenters. The van der Waals surface area contributed by atoms with Gasteiger partial charge in [0, 0.05) is 19.7 Å². The summed E-state index contributed by atoms with van der Waals surface area (Å²) in [6, 6.07) is 1.05. The van der Waals surface area contributed by atoms with Gasteiger partial charge in [0.2, 0.25) is 0 Å². The molecule has 1 aromatic heterocycles. The first-order valence-corrected chi connectivity index (χ1v) is 5.07. The van der Waals surface area contributed by atoms with Gasteiger partial charge in [-0.3, -0.25) is 4.79 Å². The summed E-state index contributed by atoms with van der Waals surface area (Å²) in [5, 5.41) is 11.5. The molecular weight excluding hydrogens is 208 g/mol. The van der Waals surface area contributed by atoms with Crippen LogP contribution in [0, 0.1) is 0 Å². The van der Waals surface area contributed by atoms with Gasteiger partial charge < -0.3 is 15.3 Å². The molecule has 6 nitrogen and oxygen atoms in total. The third-order valence-corrected chi connectivity index (χ3v) is 2.25. The molecule has 0 amide bonds. The standard InChI is InChI=1S/C10H16N4O2/c1-4-14(3)9-5-8(11-6-12-9)13-7(2)10(15)16/h5-7H,4H2,1-3H3,(H,15,16)(H,11,12,13). The Balaban J connectivity index is 2.78. The van der Waals surface area contributed by atoms with Gasteiger partial charge in [-0.2, -0.15) is 0 Å². The van der Waals surface area contributed by atoms with E-state index in [0.717, 1.165) is 12.4 Å². The van der Waals surface area contributed by atoms with Gasteiger partial charge in [-0.05, 0) is 13.8 Å². The van der Waals surface area contributed by atoms with Crippen molar-refractivity contribution in [2.24, 2.45) is 0 Å². The molecule has 0 saturated carbocycles. The van der Waals surface area contributed by atoms with Crippen LogP contribution in [-0.2, 0) is 4.79 Å². The minimum Gasteiger partial charge on any atom is -0.480 e. The number of nitrogens with one attached hydrogen (secondary N) is 1. The summed E-state index contributed by atoms with van der Waals surface area (Å²) >= 11 is 0. The summed E-state index contributed by atoms with van der Waals surface area (Å²) in [7, 11) is 1.91. The summed E-state index contributed by atoms with van der Waals surface area (Å²) in [4.78, 5) is 20.7. The zero-order valence-corrected chi connectivity index (χ0v) is 9.64. The van der Waals surface area contributed by atoms with E-state index in [1.54, 1.807) is 13.0 Å². The zero-order chi connectivity index (χ0) is 12.1. The number of hydrogen-bond acceptors (Lipinski definition) is 5. The first-order chi connectivity index (χ1) is 7.54. The normalized spacial score (nSPS) is 11.9. The molecule has 0 aliphatic rings. The monoisotopic (exact) mass is 224 g/mol. The van der Waals surface area contributed by atoms with Crippen molar-refractivity contribution >= 4 is 17.6 Å². The number of aliphatic carboxylic acids is 1. The molecular formula is C10H16N4O2. The Morgan fingerprint density at radius 2 is 2.31 bits per heavy atom. The van der Waals surface area contributed by atoms with Crippen LogP contribution >= 0.6 is 0 Å². The predicted octanol–water partition coefficient (Wildman–Crippen LogP) is 0.818. The van der Waals surface area contributed by atoms with Gasteiger partial charge in [-0.25, -0.2) is 9.97 Å². The van der Waals surface area contributed by atoms with Gasteiger partial charge in [0.1, 0.15) is 24.0 Å². The second-order valence-corrected chi connectivity index (χ2v) is 3.48. The average molecular weight is 224 g/mol. The summed E-state index contributed by atoms with van der Waals surface area (Å²) in [6.45, 7) is 4.40. The van der Waals surface area contributed by atoms with E-state index < -0.39 is 12.0 Å². The van der Waals surface area contributed by atoms with Crippen molar-refractivity contribution in [1.82, 2.24) is 9.97 Å². The predicted molar refractivity (Wildman–Crippen MR) is 61.7 cm³/mol. The van der Waals surface area contributed by atoms with Crippen LogP contribution in [0.2, 0.25) is 0 Å². The number of anilines is 2. The lowest BCUT2D eigenvalue weighted by Crippen LogP contribution is -2.26. The Bertz CT molecular complexity index is 370. The molecule has 0 radical (unpaired) electrons. The molecule has 2 N–H and O–H groups in total. The first kappa shape index (κ1) is 12.2. The maximum atomic E-state index is 10.7. The smallest absolute Gasteiger partial charge is 0.325 e. The van der Waals surface area contributed by atoms with Gasteiger partial charge in [-0.1, -0.05) is 0 Å². The van der Waals surface area contributed by atoms with Crippen LogP contribution in [0.5, 0.6) is 0 Å². The number of rotatable bonds is 5. The Kier molecular flexibility index (Phi) is 4.04. The van der Waals surface area contributed by atoms with Crippen molar-refractivity contribution in [2.45, 2.75) is 19.9 Å². The molecule has 0 fully saturated rings. The maximum absolute atomic E-state index is 10.7. The van der Waals surface area contributed by atoms with Crippen molar-refractivity contribution in [3.8, 4) is 0 Å². The number of carboxylic acid groups (broad SMARTS) is 1. The Labute approximate surface area is 94.3 Å². The second kappa shape index (κ2) is 5.29. The summed E-state index contributed by atoms with van der Waals surface area (Å²) in [5.41, 5.74) is 0. The van der Waals surface area contributed by atoms with Crippen LogP contribution < -0.4 is 10.2 Å². The molecule has 1 unspecified atom stereocenters. The van der Waals surface area contributed by atoms with Crippen LogP contribution in [0.25, 0.3) is 0 Å². The Hall–Kier alpha value is -1.85. The van der Waals surface area contributed by atoms with E-state index in [9.17, 15) is 4.79 Å². The van der Waals surface area contributed by atoms with Gasteiger partial charge >= 0.3 is 5.97 Å². The minimum absolute atomic E-state index is 0.514. The van der Waals surface area contributed by atoms with E-state index in [-0.39, 0.29) is 0 Å². The van der Waals surface area contributed by atoms with Crippen molar-refractivity contribution in [3.05, 3.63) is 12.4 Å². The van der Waals surface area contributed by atoms with E-state index >= 15 is 0 Å². The minimum atomic E-state index is -0.913. The van der Waals surface area contributed by atoms with Crippen molar-refractivity contribution < 1.29 is 9.90 Å². The molecule has 6 heteroatoms. The lowest BCUT2D eigenvalue weighted by Gasteiger charge is -2.16. The SMILES string of the molecule is CCN(C)c1cc(NC(C)C(=O)O)ncn1. The highest BCUT2D eigenvalue weighted by atomic mass is 16.4. The van der Waals surface area contributed by atoms with Crippen molar-refractivity contribution in [2.75, 3.05) is 23.8 Å². The van der Waals surface area contributed by atoms with Crippen molar-refractivity contribution in [3.63, 3.8) is 0 Å². The number of carboxylic acids is 1. The van der Waals surface area contributed by atoms with Gasteiger partial charge in [0.25, 0.3) is 0 Å². The van der Waals surface area contributed by atoms with E-state index in [2.05, 4.69) is 15.3 Å². The van der Waals surface area contributed by atoms with Gasteiger partial charge in [-0.15, -0.1) is 0 Å². The molecule has 1 aromatic rings. The largest absolute Gasteiger partial charge is 0.480 e. The Morgan fingerprint density at radius 3 is 2.88 bits per heavy atom. The maximum Gasteiger partial charge on any atom is 0.325 e. The van der Waals surface area contributed by atoms with E-state index in [0.29, 0.717) is 5.82 Å². The highest BCUT2D eigenvalue weighted by Gasteiger charge is 2.11. The van der Waals surface area contributed by atoms with Gasteiger partial charge in [0.15, 0.2) is 0 Å². The first-order valence-electron chi connectivity index (χ1n) is 5.07. The van der Waals surface area contributed by atoms with E-state index in [1.807, 2.05) is 18.9 Å². The molecule has 0 spiro atoms. The molecule has 1 heterocycles.